The van der Waals surface area contributed by atoms with E-state index in [4.69, 9.17) is 4.74 Å². The molecule has 2 rings (SSSR count). The van der Waals surface area contributed by atoms with Gasteiger partial charge in [-0.15, -0.1) is 0 Å². The largest absolute Gasteiger partial charge is 0.394 e. The third-order valence-electron chi connectivity index (χ3n) is 4.58. The Balaban J connectivity index is 1.92. The predicted molar refractivity (Wildman–Crippen MR) is 77.4 cm³/mol. The lowest BCUT2D eigenvalue weighted by Gasteiger charge is -2.37. The lowest BCUT2D eigenvalue weighted by Crippen LogP contribution is -2.56. The van der Waals surface area contributed by atoms with Gasteiger partial charge in [-0.05, 0) is 25.8 Å². The fourth-order valence-corrected chi connectivity index (χ4v) is 3.25. The Hall–Kier alpha value is -0.650. The smallest absolute Gasteiger partial charge is 0.227 e. The van der Waals surface area contributed by atoms with E-state index in [9.17, 15) is 9.90 Å². The number of hydrogen-bond acceptors (Lipinski definition) is 4. The molecule has 0 radical (unpaired) electrons. The summed E-state index contributed by atoms with van der Waals surface area (Å²) in [5, 5.41) is 16.2. The van der Waals surface area contributed by atoms with Crippen LogP contribution < -0.4 is 10.6 Å². The molecule has 116 valence electrons. The average molecular weight is 284 g/mol. The molecule has 1 saturated carbocycles. The van der Waals surface area contributed by atoms with Crippen molar-refractivity contribution in [3.63, 3.8) is 0 Å². The molecule has 20 heavy (non-hydrogen) atoms. The highest BCUT2D eigenvalue weighted by atomic mass is 16.5. The van der Waals surface area contributed by atoms with Gasteiger partial charge in [-0.3, -0.25) is 4.79 Å². The second-order valence-electron chi connectivity index (χ2n) is 6.19. The molecular formula is C15H28N2O3. The number of ether oxygens (including phenoxy) is 1. The molecular weight excluding hydrogens is 256 g/mol. The number of aliphatic hydroxyl groups is 1. The van der Waals surface area contributed by atoms with Gasteiger partial charge in [0.25, 0.3) is 0 Å². The van der Waals surface area contributed by atoms with Crippen molar-refractivity contribution in [2.45, 2.75) is 57.0 Å². The maximum absolute atomic E-state index is 12.5. The third kappa shape index (κ3) is 3.71. The molecule has 2 fully saturated rings. The zero-order valence-electron chi connectivity index (χ0n) is 12.5. The summed E-state index contributed by atoms with van der Waals surface area (Å²) in [4.78, 5) is 12.5. The van der Waals surface area contributed by atoms with Crippen LogP contribution in [0.15, 0.2) is 0 Å². The van der Waals surface area contributed by atoms with Crippen molar-refractivity contribution in [3.05, 3.63) is 0 Å². The van der Waals surface area contributed by atoms with Crippen LogP contribution in [-0.2, 0) is 9.53 Å². The molecule has 2 aliphatic rings. The monoisotopic (exact) mass is 284 g/mol. The molecule has 0 bridgehead atoms. The van der Waals surface area contributed by atoms with Gasteiger partial charge in [-0.1, -0.05) is 26.2 Å². The van der Waals surface area contributed by atoms with Crippen LogP contribution in [0.4, 0.5) is 0 Å². The summed E-state index contributed by atoms with van der Waals surface area (Å²) >= 11 is 0. The molecule has 2 unspecified atom stereocenters. The minimum Gasteiger partial charge on any atom is -0.394 e. The highest BCUT2D eigenvalue weighted by molar-refractivity contribution is 5.80. The van der Waals surface area contributed by atoms with Crippen LogP contribution in [0, 0.1) is 5.92 Å². The first-order valence-corrected chi connectivity index (χ1v) is 7.95. The second-order valence-corrected chi connectivity index (χ2v) is 6.19. The maximum atomic E-state index is 12.5. The molecule has 1 aliphatic heterocycles. The van der Waals surface area contributed by atoms with Crippen molar-refractivity contribution >= 4 is 5.91 Å². The van der Waals surface area contributed by atoms with E-state index in [-0.39, 0.29) is 24.5 Å². The van der Waals surface area contributed by atoms with Crippen LogP contribution in [0.5, 0.6) is 0 Å². The first kappa shape index (κ1) is 15.7. The van der Waals surface area contributed by atoms with Crippen LogP contribution in [0.3, 0.4) is 0 Å². The topological polar surface area (TPSA) is 70.6 Å². The van der Waals surface area contributed by atoms with Gasteiger partial charge in [0, 0.05) is 6.04 Å². The van der Waals surface area contributed by atoms with Crippen LogP contribution >= 0.6 is 0 Å². The summed E-state index contributed by atoms with van der Waals surface area (Å²) in [6, 6.07) is 0.106. The van der Waals surface area contributed by atoms with E-state index in [1.807, 2.05) is 0 Å². The Morgan fingerprint density at radius 2 is 2.05 bits per heavy atom. The Labute approximate surface area is 121 Å². The molecule has 2 atom stereocenters. The molecule has 0 aromatic heterocycles. The van der Waals surface area contributed by atoms with Crippen molar-refractivity contribution < 1.29 is 14.6 Å². The van der Waals surface area contributed by atoms with E-state index in [1.54, 1.807) is 0 Å². The Morgan fingerprint density at radius 3 is 2.70 bits per heavy atom. The standard InChI is InChI=1S/C15H28N2O3/c1-2-8-16-13-10-20-9-12(13)14(19)17-15(11-18)6-4-3-5-7-15/h12-13,16,18H,2-11H2,1H3,(H,17,19). The Morgan fingerprint density at radius 1 is 1.30 bits per heavy atom. The fourth-order valence-electron chi connectivity index (χ4n) is 3.25. The molecule has 5 nitrogen and oxygen atoms in total. The molecule has 0 aromatic carbocycles. The summed E-state index contributed by atoms with van der Waals surface area (Å²) in [7, 11) is 0. The van der Waals surface area contributed by atoms with Crippen molar-refractivity contribution in [2.75, 3.05) is 26.4 Å². The summed E-state index contributed by atoms with van der Waals surface area (Å²) < 4.78 is 5.46. The average Bonchev–Trinajstić information content (AvgIpc) is 2.94. The van der Waals surface area contributed by atoms with E-state index in [2.05, 4.69) is 17.6 Å². The second kappa shape index (κ2) is 7.38. The number of rotatable bonds is 6. The van der Waals surface area contributed by atoms with Crippen LogP contribution in [0.25, 0.3) is 0 Å². The molecule has 1 amide bonds. The van der Waals surface area contributed by atoms with Gasteiger partial charge < -0.3 is 20.5 Å². The molecule has 1 aliphatic carbocycles. The molecule has 1 heterocycles. The van der Waals surface area contributed by atoms with Gasteiger partial charge in [0.2, 0.25) is 5.91 Å². The highest BCUT2D eigenvalue weighted by Crippen LogP contribution is 2.28. The SMILES string of the molecule is CCCNC1COCC1C(=O)NC1(CO)CCCCC1. The van der Waals surface area contributed by atoms with E-state index in [0.717, 1.165) is 38.6 Å². The maximum Gasteiger partial charge on any atom is 0.227 e. The highest BCUT2D eigenvalue weighted by Gasteiger charge is 2.39. The third-order valence-corrected chi connectivity index (χ3v) is 4.58. The normalized spacial score (nSPS) is 29.3. The first-order valence-electron chi connectivity index (χ1n) is 7.95. The van der Waals surface area contributed by atoms with Crippen molar-refractivity contribution in [3.8, 4) is 0 Å². The minimum atomic E-state index is -0.396. The van der Waals surface area contributed by atoms with Crippen molar-refractivity contribution in [1.82, 2.24) is 10.6 Å². The fraction of sp³-hybridized carbons (Fsp3) is 0.933. The lowest BCUT2D eigenvalue weighted by molar-refractivity contribution is -0.128. The van der Waals surface area contributed by atoms with E-state index in [1.165, 1.54) is 6.42 Å². The summed E-state index contributed by atoms with van der Waals surface area (Å²) in [5.41, 5.74) is -0.396. The summed E-state index contributed by atoms with van der Waals surface area (Å²) in [5.74, 6) is -0.0982. The minimum absolute atomic E-state index is 0.0343. The van der Waals surface area contributed by atoms with Gasteiger partial charge in [0.1, 0.15) is 0 Å². The number of hydrogen-bond donors (Lipinski definition) is 3. The first-order chi connectivity index (χ1) is 9.71. The number of aliphatic hydroxyl groups excluding tert-OH is 1. The zero-order chi connectivity index (χ0) is 14.4. The summed E-state index contributed by atoms with van der Waals surface area (Å²) in [6.07, 6.45) is 6.18. The van der Waals surface area contributed by atoms with Crippen LogP contribution in [0.1, 0.15) is 45.4 Å². The van der Waals surface area contributed by atoms with Gasteiger partial charge >= 0.3 is 0 Å². The Bertz CT molecular complexity index is 316. The van der Waals surface area contributed by atoms with Gasteiger partial charge in [0.05, 0.1) is 31.3 Å². The number of carbonyl (C=O) groups is 1. The van der Waals surface area contributed by atoms with Crippen LogP contribution in [0.2, 0.25) is 0 Å². The van der Waals surface area contributed by atoms with E-state index in [0.29, 0.717) is 13.2 Å². The number of nitrogens with one attached hydrogen (secondary N) is 2. The quantitative estimate of drug-likeness (QED) is 0.675. The van der Waals surface area contributed by atoms with Gasteiger partial charge in [0.15, 0.2) is 0 Å². The van der Waals surface area contributed by atoms with Crippen LogP contribution in [-0.4, -0.2) is 49.0 Å². The number of amides is 1. The molecule has 0 aromatic rings. The van der Waals surface area contributed by atoms with Gasteiger partial charge in [-0.2, -0.15) is 0 Å². The molecule has 0 spiro atoms. The predicted octanol–water partition coefficient (Wildman–Crippen LogP) is 0.812. The summed E-state index contributed by atoms with van der Waals surface area (Å²) in [6.45, 7) is 4.14. The van der Waals surface area contributed by atoms with Crippen molar-refractivity contribution in [2.24, 2.45) is 5.92 Å². The number of carbonyl (C=O) groups excluding carboxylic acids is 1. The van der Waals surface area contributed by atoms with E-state index >= 15 is 0 Å². The Kier molecular flexibility index (Phi) is 5.81. The molecule has 5 heteroatoms. The lowest BCUT2D eigenvalue weighted by atomic mass is 9.81. The molecule has 3 N–H and O–H groups in total. The van der Waals surface area contributed by atoms with Gasteiger partial charge in [-0.25, -0.2) is 0 Å². The molecule has 1 saturated heterocycles. The zero-order valence-corrected chi connectivity index (χ0v) is 12.5. The van der Waals surface area contributed by atoms with Crippen molar-refractivity contribution in [1.29, 1.82) is 0 Å². The van der Waals surface area contributed by atoms with E-state index < -0.39 is 5.54 Å².